The Labute approximate surface area is 113 Å². The molecular formula is C11H12BrNOS2. The molecule has 5 heteroatoms. The molecule has 2 nitrogen and oxygen atoms in total. The fraction of sp³-hybridized carbons (Fsp3) is 0.364. The standard InChI is InChI=1S/C11H12BrNOS2/c12-7-1-2-9(10(15)5-7)11(14)13-8-3-4-16-6-8/h1-2,5,8,15H,3-4,6H2,(H,13,14). The monoisotopic (exact) mass is 317 g/mol. The van der Waals surface area contributed by atoms with Crippen LogP contribution in [0.5, 0.6) is 0 Å². The Morgan fingerprint density at radius 3 is 3.00 bits per heavy atom. The number of hydrogen-bond acceptors (Lipinski definition) is 3. The summed E-state index contributed by atoms with van der Waals surface area (Å²) in [5, 5.41) is 3.03. The van der Waals surface area contributed by atoms with Crippen LogP contribution in [0, 0.1) is 0 Å². The van der Waals surface area contributed by atoms with Gasteiger partial charge in [-0.3, -0.25) is 4.79 Å². The molecule has 0 spiro atoms. The summed E-state index contributed by atoms with van der Waals surface area (Å²) in [4.78, 5) is 12.7. The fourth-order valence-electron chi connectivity index (χ4n) is 1.61. The van der Waals surface area contributed by atoms with Crippen LogP contribution in [0.3, 0.4) is 0 Å². The van der Waals surface area contributed by atoms with Crippen molar-refractivity contribution in [2.45, 2.75) is 17.4 Å². The Morgan fingerprint density at radius 2 is 2.38 bits per heavy atom. The molecule has 1 aliphatic rings. The Balaban J connectivity index is 2.08. The van der Waals surface area contributed by atoms with Crippen LogP contribution in [0.25, 0.3) is 0 Å². The van der Waals surface area contributed by atoms with E-state index in [4.69, 9.17) is 0 Å². The number of thiol groups is 1. The summed E-state index contributed by atoms with van der Waals surface area (Å²) in [5.41, 5.74) is 0.642. The van der Waals surface area contributed by atoms with E-state index in [1.54, 1.807) is 6.07 Å². The number of amides is 1. The molecule has 86 valence electrons. The van der Waals surface area contributed by atoms with E-state index in [1.165, 1.54) is 0 Å². The van der Waals surface area contributed by atoms with Crippen LogP contribution < -0.4 is 5.32 Å². The smallest absolute Gasteiger partial charge is 0.252 e. The van der Waals surface area contributed by atoms with Crippen LogP contribution in [0.2, 0.25) is 0 Å². The zero-order valence-corrected chi connectivity index (χ0v) is 11.9. The lowest BCUT2D eigenvalue weighted by Crippen LogP contribution is -2.34. The number of carbonyl (C=O) groups is 1. The Bertz CT molecular complexity index is 405. The average molecular weight is 318 g/mol. The minimum absolute atomic E-state index is 0.0231. The summed E-state index contributed by atoms with van der Waals surface area (Å²) in [7, 11) is 0. The summed E-state index contributed by atoms with van der Waals surface area (Å²) in [5.74, 6) is 2.13. The first-order chi connectivity index (χ1) is 7.66. The Morgan fingerprint density at radius 1 is 1.56 bits per heavy atom. The molecule has 1 aliphatic heterocycles. The average Bonchev–Trinajstić information content (AvgIpc) is 2.70. The first kappa shape index (κ1) is 12.3. The van der Waals surface area contributed by atoms with Crippen LogP contribution in [0.1, 0.15) is 16.8 Å². The van der Waals surface area contributed by atoms with Gasteiger partial charge in [-0.25, -0.2) is 0 Å². The molecule has 1 aromatic carbocycles. The molecule has 0 saturated carbocycles. The second-order valence-electron chi connectivity index (χ2n) is 3.70. The van der Waals surface area contributed by atoms with Gasteiger partial charge in [0.2, 0.25) is 0 Å². The SMILES string of the molecule is O=C(NC1CCSC1)c1ccc(Br)cc1S. The molecule has 0 aromatic heterocycles. The van der Waals surface area contributed by atoms with Gasteiger partial charge in [-0.1, -0.05) is 15.9 Å². The van der Waals surface area contributed by atoms with Gasteiger partial charge >= 0.3 is 0 Å². The predicted molar refractivity (Wildman–Crippen MR) is 74.6 cm³/mol. The van der Waals surface area contributed by atoms with Crippen molar-refractivity contribution in [1.82, 2.24) is 5.32 Å². The van der Waals surface area contributed by atoms with Crippen LogP contribution in [0.15, 0.2) is 27.6 Å². The van der Waals surface area contributed by atoms with E-state index < -0.39 is 0 Å². The lowest BCUT2D eigenvalue weighted by atomic mass is 10.2. The second kappa shape index (κ2) is 5.47. The molecule has 1 atom stereocenters. The highest BCUT2D eigenvalue weighted by Crippen LogP contribution is 2.21. The molecule has 1 saturated heterocycles. The second-order valence-corrected chi connectivity index (χ2v) is 6.24. The van der Waals surface area contributed by atoms with Crippen LogP contribution >= 0.6 is 40.3 Å². The molecule has 1 fully saturated rings. The van der Waals surface area contributed by atoms with E-state index >= 15 is 0 Å². The maximum Gasteiger partial charge on any atom is 0.252 e. The summed E-state index contributed by atoms with van der Waals surface area (Å²) < 4.78 is 0.936. The van der Waals surface area contributed by atoms with Crippen molar-refractivity contribution in [3.05, 3.63) is 28.2 Å². The third-order valence-corrected chi connectivity index (χ3v) is 4.50. The molecule has 1 N–H and O–H groups in total. The summed E-state index contributed by atoms with van der Waals surface area (Å²) in [6.07, 6.45) is 1.06. The van der Waals surface area contributed by atoms with Crippen molar-refractivity contribution >= 4 is 46.2 Å². The predicted octanol–water partition coefficient (Wildman–Crippen LogP) is 2.97. The van der Waals surface area contributed by atoms with Gasteiger partial charge in [0.15, 0.2) is 0 Å². The Kier molecular flexibility index (Phi) is 4.21. The lowest BCUT2D eigenvalue weighted by molar-refractivity contribution is 0.0938. The van der Waals surface area contributed by atoms with Crippen molar-refractivity contribution in [3.63, 3.8) is 0 Å². The number of thioether (sulfide) groups is 1. The van der Waals surface area contributed by atoms with Crippen molar-refractivity contribution in [2.24, 2.45) is 0 Å². The Hall–Kier alpha value is -0.130. The third kappa shape index (κ3) is 2.96. The maximum absolute atomic E-state index is 11.9. The van der Waals surface area contributed by atoms with Gasteiger partial charge in [0.05, 0.1) is 5.56 Å². The van der Waals surface area contributed by atoms with E-state index in [-0.39, 0.29) is 5.91 Å². The highest BCUT2D eigenvalue weighted by Gasteiger charge is 2.19. The van der Waals surface area contributed by atoms with Crippen molar-refractivity contribution < 1.29 is 4.79 Å². The topological polar surface area (TPSA) is 29.1 Å². The molecular weight excluding hydrogens is 306 g/mol. The molecule has 0 bridgehead atoms. The van der Waals surface area contributed by atoms with E-state index in [9.17, 15) is 4.79 Å². The molecule has 1 amide bonds. The van der Waals surface area contributed by atoms with E-state index in [2.05, 4.69) is 33.9 Å². The van der Waals surface area contributed by atoms with Gasteiger partial charge in [-0.15, -0.1) is 12.6 Å². The highest BCUT2D eigenvalue weighted by atomic mass is 79.9. The molecule has 1 heterocycles. The fourth-order valence-corrected chi connectivity index (χ4v) is 3.61. The zero-order chi connectivity index (χ0) is 11.5. The van der Waals surface area contributed by atoms with E-state index in [0.717, 1.165) is 22.4 Å². The highest BCUT2D eigenvalue weighted by molar-refractivity contribution is 9.10. The zero-order valence-electron chi connectivity index (χ0n) is 8.57. The number of benzene rings is 1. The first-order valence-corrected chi connectivity index (χ1v) is 7.43. The van der Waals surface area contributed by atoms with Crippen molar-refractivity contribution in [3.8, 4) is 0 Å². The van der Waals surface area contributed by atoms with E-state index in [1.807, 2.05) is 23.9 Å². The van der Waals surface area contributed by atoms with Crippen LogP contribution in [0.4, 0.5) is 0 Å². The first-order valence-electron chi connectivity index (χ1n) is 5.04. The van der Waals surface area contributed by atoms with Gasteiger partial charge in [0.25, 0.3) is 5.91 Å². The maximum atomic E-state index is 11.9. The molecule has 16 heavy (non-hydrogen) atoms. The molecule has 1 aromatic rings. The minimum Gasteiger partial charge on any atom is -0.348 e. The summed E-state index contributed by atoms with van der Waals surface area (Å²) in [6.45, 7) is 0. The third-order valence-electron chi connectivity index (χ3n) is 2.47. The normalized spacial score (nSPS) is 19.8. The van der Waals surface area contributed by atoms with Gasteiger partial charge in [0, 0.05) is 21.2 Å². The van der Waals surface area contributed by atoms with Crippen molar-refractivity contribution in [1.29, 1.82) is 0 Å². The van der Waals surface area contributed by atoms with Gasteiger partial charge in [-0.05, 0) is 30.4 Å². The number of halogens is 1. The summed E-state index contributed by atoms with van der Waals surface area (Å²) >= 11 is 9.54. The number of nitrogens with one attached hydrogen (secondary N) is 1. The van der Waals surface area contributed by atoms with Crippen LogP contribution in [-0.4, -0.2) is 23.5 Å². The van der Waals surface area contributed by atoms with Gasteiger partial charge < -0.3 is 5.32 Å². The molecule has 0 aliphatic carbocycles. The van der Waals surface area contributed by atoms with Crippen LogP contribution in [-0.2, 0) is 0 Å². The van der Waals surface area contributed by atoms with E-state index in [0.29, 0.717) is 16.5 Å². The lowest BCUT2D eigenvalue weighted by Gasteiger charge is -2.12. The molecule has 1 unspecified atom stereocenters. The molecule has 2 rings (SSSR count). The summed E-state index contributed by atoms with van der Waals surface area (Å²) in [6, 6.07) is 5.80. The van der Waals surface area contributed by atoms with Crippen molar-refractivity contribution in [2.75, 3.05) is 11.5 Å². The number of carbonyl (C=O) groups excluding carboxylic acids is 1. The number of hydrogen-bond donors (Lipinski definition) is 2. The largest absolute Gasteiger partial charge is 0.348 e. The van der Waals surface area contributed by atoms with Gasteiger partial charge in [-0.2, -0.15) is 11.8 Å². The number of rotatable bonds is 2. The minimum atomic E-state index is -0.0231. The quantitative estimate of drug-likeness (QED) is 0.821. The molecule has 0 radical (unpaired) electrons. The van der Waals surface area contributed by atoms with Gasteiger partial charge in [0.1, 0.15) is 0 Å².